The molecule has 5 aromatic carbocycles. The average Bonchev–Trinajstić information content (AvgIpc) is 3.16. The van der Waals surface area contributed by atoms with Crippen molar-refractivity contribution in [2.24, 2.45) is 0 Å². The highest BCUT2D eigenvalue weighted by atomic mass is 35.5. The molecule has 0 radical (unpaired) electrons. The smallest absolute Gasteiger partial charge is 0.339 e. The molecule has 0 amide bonds. The first-order chi connectivity index (χ1) is 26.2. The van der Waals surface area contributed by atoms with E-state index in [0.29, 0.717) is 45.1 Å². The van der Waals surface area contributed by atoms with Crippen LogP contribution in [-0.2, 0) is 48.8 Å². The van der Waals surface area contributed by atoms with Crippen LogP contribution in [-0.4, -0.2) is 45.7 Å². The van der Waals surface area contributed by atoms with Gasteiger partial charge in [0.2, 0.25) is 0 Å². The summed E-state index contributed by atoms with van der Waals surface area (Å²) in [7, 11) is -1.54. The summed E-state index contributed by atoms with van der Waals surface area (Å²) in [5, 5.41) is 2.54. The fourth-order valence-corrected chi connectivity index (χ4v) is 6.53. The van der Waals surface area contributed by atoms with E-state index in [4.69, 9.17) is 65.3 Å². The molecule has 5 aromatic rings. The zero-order chi connectivity index (χ0) is 40.4. The molecule has 0 aliphatic rings. The zero-order valence-electron chi connectivity index (χ0n) is 30.3. The fourth-order valence-electron chi connectivity index (χ4n) is 4.90. The van der Waals surface area contributed by atoms with Crippen molar-refractivity contribution in [1.29, 1.82) is 0 Å². The summed E-state index contributed by atoms with van der Waals surface area (Å²) >= 11 is 23.9. The third-order valence-electron chi connectivity index (χ3n) is 7.62. The van der Waals surface area contributed by atoms with Gasteiger partial charge in [-0.25, -0.2) is 19.4 Å². The molecule has 0 aliphatic heterocycles. The van der Waals surface area contributed by atoms with Crippen LogP contribution >= 0.6 is 46.4 Å². The molecule has 0 spiro atoms. The maximum atomic E-state index is 11.6. The molecule has 0 atom stereocenters. The third kappa shape index (κ3) is 15.6. The highest BCUT2D eigenvalue weighted by Gasteiger charge is 2.20. The fraction of sp³-hybridized carbons (Fsp3) is 0.220. The van der Waals surface area contributed by atoms with Crippen LogP contribution in [0.3, 0.4) is 0 Å². The third-order valence-corrected chi connectivity index (χ3v) is 9.70. The molecule has 0 bridgehead atoms. The van der Waals surface area contributed by atoms with Crippen molar-refractivity contribution in [2.45, 2.75) is 44.1 Å². The Balaban J connectivity index is 0.000000223. The minimum Gasteiger partial charge on any atom is -0.465 e. The number of unbranched alkanes of at least 4 members (excludes halogenated alkanes) is 1. The van der Waals surface area contributed by atoms with E-state index < -0.39 is 21.0 Å². The molecule has 5 rings (SSSR count). The minimum absolute atomic E-state index is 0.147. The highest BCUT2D eigenvalue weighted by molar-refractivity contribution is 7.86. The van der Waals surface area contributed by atoms with Crippen molar-refractivity contribution in [3.05, 3.63) is 168 Å². The topological polar surface area (TPSA) is 125 Å². The molecule has 0 heterocycles. The lowest BCUT2D eigenvalue weighted by atomic mass is 10.0. The minimum atomic E-state index is -4.41. The molecule has 292 valence electrons. The molecule has 0 aromatic heterocycles. The van der Waals surface area contributed by atoms with Crippen molar-refractivity contribution in [3.8, 4) is 0 Å². The number of hydrogen-bond donors (Lipinski definition) is 1. The van der Waals surface area contributed by atoms with Gasteiger partial charge in [0.05, 0.1) is 32.0 Å². The van der Waals surface area contributed by atoms with Crippen molar-refractivity contribution in [3.63, 3.8) is 0 Å². The lowest BCUT2D eigenvalue weighted by molar-refractivity contribution is -0.282. The largest absolute Gasteiger partial charge is 0.465 e. The van der Waals surface area contributed by atoms with E-state index in [2.05, 4.69) is 11.0 Å². The van der Waals surface area contributed by atoms with Crippen LogP contribution in [0.1, 0.15) is 68.3 Å². The van der Waals surface area contributed by atoms with Gasteiger partial charge >= 0.3 is 11.9 Å². The number of carbonyl (C=O) groups excluding carboxylic acids is 2. The predicted molar refractivity (Wildman–Crippen MR) is 216 cm³/mol. The number of hydrogen-bond acceptors (Lipinski definition) is 8. The van der Waals surface area contributed by atoms with E-state index in [1.807, 2.05) is 67.6 Å². The van der Waals surface area contributed by atoms with E-state index in [9.17, 15) is 18.0 Å². The van der Waals surface area contributed by atoms with Crippen LogP contribution < -0.4 is 0 Å². The first-order valence-corrected chi connectivity index (χ1v) is 19.7. The zero-order valence-corrected chi connectivity index (χ0v) is 34.1. The van der Waals surface area contributed by atoms with Crippen molar-refractivity contribution < 1.29 is 41.8 Å². The van der Waals surface area contributed by atoms with Crippen LogP contribution in [0.5, 0.6) is 0 Å². The Hall–Kier alpha value is -3.97. The Morgan fingerprint density at radius 1 is 0.673 bits per heavy atom. The summed E-state index contributed by atoms with van der Waals surface area (Å²) in [5.74, 6) is -1.06. The van der Waals surface area contributed by atoms with Gasteiger partial charge < -0.3 is 9.47 Å². The molecule has 55 heavy (non-hydrogen) atoms. The summed E-state index contributed by atoms with van der Waals surface area (Å²) < 4.78 is 40.7. The van der Waals surface area contributed by atoms with E-state index in [-0.39, 0.29) is 18.1 Å². The van der Waals surface area contributed by atoms with Gasteiger partial charge in [-0.05, 0) is 89.2 Å². The van der Waals surface area contributed by atoms with E-state index in [1.54, 1.807) is 18.2 Å². The summed E-state index contributed by atoms with van der Waals surface area (Å²) in [6, 6.07) is 31.8. The maximum Gasteiger partial charge on any atom is 0.339 e. The Morgan fingerprint density at radius 2 is 1.25 bits per heavy atom. The number of rotatable bonds is 13. The number of benzene rings is 5. The number of methoxy groups -OCH3 is 1. The second-order valence-corrected chi connectivity index (χ2v) is 14.8. The quantitative estimate of drug-likeness (QED) is 0.0405. The molecule has 1 N–H and O–H groups in total. The van der Waals surface area contributed by atoms with Crippen LogP contribution in [0.2, 0.25) is 20.1 Å². The molecule has 0 fully saturated rings. The molecule has 9 nitrogen and oxygen atoms in total. The van der Waals surface area contributed by atoms with Crippen molar-refractivity contribution >= 4 is 68.5 Å². The van der Waals surface area contributed by atoms with Crippen LogP contribution in [0, 0.1) is 0 Å². The van der Waals surface area contributed by atoms with Gasteiger partial charge in [0, 0.05) is 26.5 Å². The standard InChI is InChI=1S/C17H18O4.C13H8Cl4.C11H14O5S/c1-19-17(18)16-8-4-6-14(11-16)9-13-5-3-7-15(10-13)12-21-20-2;14-10-3-1-8(12(16)6-10)5-9-2-4-11(15)7-13(9)17;1-2-3-8-16-11(12)9-6-4-5-7-10(9)17(13,14)15/h3-8,10-11H,9,12H2,1-2H3;1-4,6-7H,5H2;4-7H,2-3,8H2,1H3,(H,13,14,15). The molecular formula is C41H40Cl4O9S. The Morgan fingerprint density at radius 3 is 1.82 bits per heavy atom. The van der Waals surface area contributed by atoms with Crippen LogP contribution in [0.25, 0.3) is 0 Å². The van der Waals surface area contributed by atoms with Gasteiger partial charge in [-0.3, -0.25) is 4.55 Å². The van der Waals surface area contributed by atoms with E-state index in [1.165, 1.54) is 32.4 Å². The van der Waals surface area contributed by atoms with Crippen LogP contribution in [0.4, 0.5) is 0 Å². The SMILES string of the molecule is CCCCOC(=O)c1ccccc1S(=O)(=O)O.COOCc1cccc(Cc2cccc(C(=O)OC)c2)c1.Clc1ccc(Cc2ccc(Cl)cc2Cl)c(Cl)c1. The van der Waals surface area contributed by atoms with Crippen molar-refractivity contribution in [1.82, 2.24) is 0 Å². The van der Waals surface area contributed by atoms with Gasteiger partial charge in [0.1, 0.15) is 11.5 Å². The molecule has 0 aliphatic carbocycles. The number of carbonyl (C=O) groups is 2. The molecule has 14 heteroatoms. The Labute approximate surface area is 341 Å². The highest BCUT2D eigenvalue weighted by Crippen LogP contribution is 2.28. The van der Waals surface area contributed by atoms with Gasteiger partial charge in [0.25, 0.3) is 10.1 Å². The van der Waals surface area contributed by atoms with Gasteiger partial charge in [-0.2, -0.15) is 8.42 Å². The number of ether oxygens (including phenoxy) is 2. The van der Waals surface area contributed by atoms with Crippen molar-refractivity contribution in [2.75, 3.05) is 20.8 Å². The maximum absolute atomic E-state index is 11.6. The number of esters is 2. The summed E-state index contributed by atoms with van der Waals surface area (Å²) in [5.41, 5.74) is 5.64. The monoisotopic (exact) mass is 848 g/mol. The average molecular weight is 851 g/mol. The van der Waals surface area contributed by atoms with E-state index in [0.717, 1.165) is 46.7 Å². The number of halogens is 4. The predicted octanol–water partition coefficient (Wildman–Crippen LogP) is 10.9. The first-order valence-electron chi connectivity index (χ1n) is 16.8. The molecule has 0 saturated carbocycles. The first kappa shape index (κ1) is 45.4. The van der Waals surface area contributed by atoms with Gasteiger partial charge in [0.15, 0.2) is 0 Å². The second kappa shape index (κ2) is 23.2. The summed E-state index contributed by atoms with van der Waals surface area (Å²) in [4.78, 5) is 32.2. The Kier molecular flexibility index (Phi) is 19.1. The van der Waals surface area contributed by atoms with Gasteiger partial charge in [-0.15, -0.1) is 0 Å². The molecule has 0 unspecified atom stereocenters. The van der Waals surface area contributed by atoms with Crippen LogP contribution in [0.15, 0.2) is 114 Å². The normalized spacial score (nSPS) is 10.7. The van der Waals surface area contributed by atoms with E-state index >= 15 is 0 Å². The molecular weight excluding hydrogens is 810 g/mol. The summed E-state index contributed by atoms with van der Waals surface area (Å²) in [6.45, 7) is 2.58. The second-order valence-electron chi connectivity index (χ2n) is 11.7. The lowest BCUT2D eigenvalue weighted by Gasteiger charge is -2.07. The molecule has 0 saturated heterocycles. The van der Waals surface area contributed by atoms with Gasteiger partial charge in [-0.1, -0.05) is 120 Å². The Bertz CT molecular complexity index is 2090. The summed E-state index contributed by atoms with van der Waals surface area (Å²) in [6.07, 6.45) is 2.98. The lowest BCUT2D eigenvalue weighted by Crippen LogP contribution is -2.12.